The molecule has 46 heavy (non-hydrogen) atoms. The maximum atomic E-state index is 14.3. The Balaban J connectivity index is 1.21. The summed E-state index contributed by atoms with van der Waals surface area (Å²) >= 11 is 0. The van der Waals surface area contributed by atoms with Crippen LogP contribution in [-0.2, 0) is 32.8 Å². The molecule has 2 aromatic carbocycles. The molecule has 0 radical (unpaired) electrons. The van der Waals surface area contributed by atoms with Gasteiger partial charge in [0.05, 0.1) is 0 Å². The van der Waals surface area contributed by atoms with Crippen LogP contribution in [0.3, 0.4) is 0 Å². The Kier molecular flexibility index (Phi) is 9.04. The van der Waals surface area contributed by atoms with Crippen molar-refractivity contribution in [3.8, 4) is 0 Å². The third kappa shape index (κ3) is 6.46. The van der Waals surface area contributed by atoms with Crippen molar-refractivity contribution < 1.29 is 37.5 Å². The van der Waals surface area contributed by atoms with Crippen molar-refractivity contribution in [2.45, 2.75) is 62.8 Å². The highest BCUT2D eigenvalue weighted by Crippen LogP contribution is 2.59. The summed E-state index contributed by atoms with van der Waals surface area (Å²) in [4.78, 5) is 66.0. The standard InChI is InChI=1S/C32H38F2N5O6P/c33-32(34,46(43,44)45)24-7-8-25-23(17-24)18-26(36-25)29(40)37-27(16-20-9-12-35-13-10-20)30(41)39-14-3-6-28(39)31(42)38-15-11-21-4-1-2-5-22(21)19-38/h1-2,4-5,7-8,17-18,20,27-28,35-36H,3,6,9-16,19H2,(H,37,40)(H2,43,44,45)/t27-,28-/m0/s1. The van der Waals surface area contributed by atoms with E-state index in [0.717, 1.165) is 50.0 Å². The van der Waals surface area contributed by atoms with E-state index in [0.29, 0.717) is 44.4 Å². The van der Waals surface area contributed by atoms with Crippen molar-refractivity contribution in [2.24, 2.45) is 5.92 Å². The number of aromatic nitrogens is 1. The Morgan fingerprint density at radius 2 is 1.76 bits per heavy atom. The Bertz CT molecular complexity index is 1690. The molecule has 2 fully saturated rings. The van der Waals surface area contributed by atoms with Crippen molar-refractivity contribution in [3.63, 3.8) is 0 Å². The molecule has 1 aromatic heterocycles. The number of carbonyl (C=O) groups is 3. The second-order valence-electron chi connectivity index (χ2n) is 12.5. The zero-order chi connectivity index (χ0) is 32.6. The van der Waals surface area contributed by atoms with Gasteiger partial charge in [0.2, 0.25) is 11.8 Å². The fourth-order valence-electron chi connectivity index (χ4n) is 6.90. The largest absolute Gasteiger partial charge is 0.399 e. The Morgan fingerprint density at radius 3 is 2.50 bits per heavy atom. The van der Waals surface area contributed by atoms with Crippen LogP contribution in [0.4, 0.5) is 8.78 Å². The minimum atomic E-state index is -5.77. The van der Waals surface area contributed by atoms with Gasteiger partial charge in [0.25, 0.3) is 5.91 Å². The molecular weight excluding hydrogens is 619 g/mol. The molecule has 2 saturated heterocycles. The minimum Gasteiger partial charge on any atom is -0.351 e. The fourth-order valence-corrected chi connectivity index (χ4v) is 7.38. The molecule has 0 bridgehead atoms. The van der Waals surface area contributed by atoms with Gasteiger partial charge in [-0.15, -0.1) is 0 Å². The lowest BCUT2D eigenvalue weighted by Gasteiger charge is -2.35. The van der Waals surface area contributed by atoms with Gasteiger partial charge in [-0.25, -0.2) is 0 Å². The molecule has 3 aliphatic heterocycles. The van der Waals surface area contributed by atoms with Crippen LogP contribution in [-0.4, -0.2) is 80.6 Å². The van der Waals surface area contributed by atoms with Crippen molar-refractivity contribution in [1.29, 1.82) is 0 Å². The number of H-pyrrole nitrogens is 1. The highest BCUT2D eigenvalue weighted by atomic mass is 31.2. The number of nitrogens with one attached hydrogen (secondary N) is 3. The van der Waals surface area contributed by atoms with Crippen LogP contribution >= 0.6 is 7.60 Å². The maximum absolute atomic E-state index is 14.3. The summed E-state index contributed by atoms with van der Waals surface area (Å²) in [6.07, 6.45) is 4.01. The van der Waals surface area contributed by atoms with E-state index >= 15 is 0 Å². The summed E-state index contributed by atoms with van der Waals surface area (Å²) in [7, 11) is -5.77. The number of rotatable bonds is 8. The molecule has 14 heteroatoms. The molecule has 3 aliphatic rings. The normalized spacial score (nSPS) is 20.0. The lowest BCUT2D eigenvalue weighted by molar-refractivity contribution is -0.145. The van der Waals surface area contributed by atoms with Crippen LogP contribution in [0.5, 0.6) is 0 Å². The molecule has 3 aromatic rings. The summed E-state index contributed by atoms with van der Waals surface area (Å²) < 4.78 is 40.0. The van der Waals surface area contributed by atoms with Crippen LogP contribution in [0.15, 0.2) is 48.5 Å². The van der Waals surface area contributed by atoms with E-state index in [-0.39, 0.29) is 28.8 Å². The monoisotopic (exact) mass is 657 g/mol. The van der Waals surface area contributed by atoms with Gasteiger partial charge in [-0.3, -0.25) is 18.9 Å². The van der Waals surface area contributed by atoms with E-state index in [1.54, 1.807) is 4.90 Å². The number of fused-ring (bicyclic) bond motifs is 2. The molecule has 2 atom stereocenters. The maximum Gasteiger partial charge on any atom is 0.399 e. The second kappa shape index (κ2) is 12.9. The van der Waals surface area contributed by atoms with Gasteiger partial charge in [-0.1, -0.05) is 30.3 Å². The summed E-state index contributed by atoms with van der Waals surface area (Å²) in [5.74, 6) is -0.863. The zero-order valence-electron chi connectivity index (χ0n) is 25.3. The smallest absolute Gasteiger partial charge is 0.351 e. The first-order valence-corrected chi connectivity index (χ1v) is 17.3. The molecule has 3 amide bonds. The molecule has 5 N–H and O–H groups in total. The average Bonchev–Trinajstić information content (AvgIpc) is 3.71. The number of hydrogen-bond acceptors (Lipinski definition) is 5. The molecule has 6 rings (SSSR count). The van der Waals surface area contributed by atoms with E-state index in [2.05, 4.69) is 21.7 Å². The highest BCUT2D eigenvalue weighted by Gasteiger charge is 2.50. The van der Waals surface area contributed by atoms with Gasteiger partial charge in [0, 0.05) is 36.1 Å². The molecular formula is C32H38F2N5O6P. The highest BCUT2D eigenvalue weighted by molar-refractivity contribution is 7.52. The van der Waals surface area contributed by atoms with Gasteiger partial charge in [0.15, 0.2) is 0 Å². The van der Waals surface area contributed by atoms with Crippen molar-refractivity contribution >= 4 is 36.2 Å². The van der Waals surface area contributed by atoms with E-state index in [1.165, 1.54) is 17.7 Å². The Morgan fingerprint density at radius 1 is 1.02 bits per heavy atom. The number of nitrogens with zero attached hydrogens (tertiary/aromatic N) is 2. The number of piperidine rings is 1. The van der Waals surface area contributed by atoms with Crippen molar-refractivity contribution in [2.75, 3.05) is 26.2 Å². The number of likely N-dealkylation sites (tertiary alicyclic amines) is 1. The molecule has 0 aliphatic carbocycles. The van der Waals surface area contributed by atoms with Gasteiger partial charge >= 0.3 is 13.3 Å². The molecule has 0 spiro atoms. The lowest BCUT2D eigenvalue weighted by atomic mass is 9.90. The van der Waals surface area contributed by atoms with Crippen LogP contribution in [0.1, 0.15) is 59.3 Å². The second-order valence-corrected chi connectivity index (χ2v) is 14.1. The number of aromatic amines is 1. The van der Waals surface area contributed by atoms with E-state index in [4.69, 9.17) is 9.79 Å². The summed E-state index contributed by atoms with van der Waals surface area (Å²) in [6.45, 7) is 3.06. The number of amides is 3. The first-order chi connectivity index (χ1) is 21.9. The van der Waals surface area contributed by atoms with E-state index in [1.807, 2.05) is 23.1 Å². The van der Waals surface area contributed by atoms with Crippen LogP contribution < -0.4 is 10.6 Å². The first-order valence-electron chi connectivity index (χ1n) is 15.7. The molecule has 0 unspecified atom stereocenters. The van der Waals surface area contributed by atoms with Crippen molar-refractivity contribution in [3.05, 3.63) is 70.9 Å². The molecule has 246 valence electrons. The fraction of sp³-hybridized carbons (Fsp3) is 0.469. The first kappa shape index (κ1) is 32.3. The van der Waals surface area contributed by atoms with Gasteiger partial charge in [-0.2, -0.15) is 8.78 Å². The summed E-state index contributed by atoms with van der Waals surface area (Å²) in [5.41, 5.74) is -2.63. The third-order valence-corrected chi connectivity index (χ3v) is 10.5. The third-order valence-electron chi connectivity index (χ3n) is 9.47. The number of hydrogen-bond donors (Lipinski definition) is 5. The SMILES string of the molecule is O=C(N[C@@H](CC1CCNCC1)C(=O)N1CCC[C@H]1C(=O)N1CCc2ccccc2C1)c1cc2cc(C(F)(F)P(=O)(O)O)ccc2[nH]1. The average molecular weight is 658 g/mol. The summed E-state index contributed by atoms with van der Waals surface area (Å²) in [5, 5.41) is 6.32. The lowest BCUT2D eigenvalue weighted by Crippen LogP contribution is -2.55. The van der Waals surface area contributed by atoms with E-state index in [9.17, 15) is 27.7 Å². The Hall–Kier alpha value is -3.64. The number of carbonyl (C=O) groups excluding carboxylic acids is 3. The molecule has 4 heterocycles. The quantitative estimate of drug-likeness (QED) is 0.233. The van der Waals surface area contributed by atoms with Gasteiger partial charge in [0.1, 0.15) is 17.8 Å². The van der Waals surface area contributed by atoms with Crippen molar-refractivity contribution in [1.82, 2.24) is 25.4 Å². The predicted molar refractivity (Wildman–Crippen MR) is 166 cm³/mol. The number of alkyl halides is 2. The van der Waals surface area contributed by atoms with Gasteiger partial charge < -0.3 is 35.2 Å². The number of benzene rings is 2. The van der Waals surface area contributed by atoms with E-state index < -0.39 is 36.8 Å². The van der Waals surface area contributed by atoms with Crippen LogP contribution in [0, 0.1) is 5.92 Å². The predicted octanol–water partition coefficient (Wildman–Crippen LogP) is 3.46. The van der Waals surface area contributed by atoms with Crippen LogP contribution in [0.2, 0.25) is 0 Å². The zero-order valence-corrected chi connectivity index (χ0v) is 26.1. The Labute approximate surface area is 264 Å². The molecule has 11 nitrogen and oxygen atoms in total. The number of halogens is 2. The molecule has 0 saturated carbocycles. The summed E-state index contributed by atoms with van der Waals surface area (Å²) in [6, 6.07) is 10.9. The minimum absolute atomic E-state index is 0.00999. The van der Waals surface area contributed by atoms with Gasteiger partial charge in [-0.05, 0) is 86.9 Å². The topological polar surface area (TPSA) is 155 Å². The van der Waals surface area contributed by atoms with Crippen LogP contribution in [0.25, 0.3) is 10.9 Å².